The third kappa shape index (κ3) is 8.03. The predicted molar refractivity (Wildman–Crippen MR) is 126 cm³/mol. The van der Waals surface area contributed by atoms with Crippen molar-refractivity contribution in [2.45, 2.75) is 79.1 Å². The summed E-state index contributed by atoms with van der Waals surface area (Å²) < 4.78 is 0. The van der Waals surface area contributed by atoms with Gasteiger partial charge in [0.1, 0.15) is 0 Å². The summed E-state index contributed by atoms with van der Waals surface area (Å²) in [7, 11) is -0.879. The van der Waals surface area contributed by atoms with Crippen LogP contribution in [0.25, 0.3) is 0 Å². The summed E-state index contributed by atoms with van der Waals surface area (Å²) >= 11 is 0. The number of fused-ring (bicyclic) bond motifs is 1. The van der Waals surface area contributed by atoms with Gasteiger partial charge in [-0.05, 0) is 12.1 Å². The van der Waals surface area contributed by atoms with E-state index in [-0.39, 0.29) is 11.8 Å². The molecule has 0 spiro atoms. The molecule has 0 radical (unpaired) electrons. The van der Waals surface area contributed by atoms with Crippen LogP contribution in [0.4, 0.5) is 0 Å². The van der Waals surface area contributed by atoms with Crippen LogP contribution in [-0.4, -0.2) is 36.5 Å². The van der Waals surface area contributed by atoms with Crippen molar-refractivity contribution >= 4 is 19.1 Å². The van der Waals surface area contributed by atoms with Crippen molar-refractivity contribution in [3.05, 3.63) is 35.4 Å². The Morgan fingerprint density at radius 3 is 1.25 bits per heavy atom. The minimum atomic E-state index is -0.879. The van der Waals surface area contributed by atoms with Crippen LogP contribution < -0.4 is 5.32 Å². The van der Waals surface area contributed by atoms with E-state index < -0.39 is 7.26 Å². The van der Waals surface area contributed by atoms with Crippen molar-refractivity contribution in [1.29, 1.82) is 0 Å². The van der Waals surface area contributed by atoms with E-state index in [0.29, 0.717) is 11.1 Å². The number of benzene rings is 1. The summed E-state index contributed by atoms with van der Waals surface area (Å²) in [5.41, 5.74) is 0.940. The average molecular weight is 408 g/mol. The number of unbranched alkanes of at least 4 members (excludes halogenated alkanes) is 4. The van der Waals surface area contributed by atoms with E-state index >= 15 is 0 Å². The molecule has 0 saturated carbocycles. The van der Waals surface area contributed by atoms with E-state index in [0.717, 1.165) is 0 Å². The molecule has 4 heteroatoms. The Hall–Kier alpha value is -1.21. The molecule has 3 nitrogen and oxygen atoms in total. The van der Waals surface area contributed by atoms with Crippen molar-refractivity contribution in [3.63, 3.8) is 0 Å². The van der Waals surface area contributed by atoms with Gasteiger partial charge in [-0.25, -0.2) is 0 Å². The third-order valence-electron chi connectivity index (χ3n) is 5.89. The van der Waals surface area contributed by atoms with Crippen LogP contribution >= 0.6 is 7.26 Å². The predicted octanol–water partition coefficient (Wildman–Crippen LogP) is 6.51. The second-order valence-electron chi connectivity index (χ2n) is 8.24. The van der Waals surface area contributed by atoms with Gasteiger partial charge in [-0.3, -0.25) is 14.9 Å². The van der Waals surface area contributed by atoms with Crippen molar-refractivity contribution in [2.24, 2.45) is 0 Å². The second kappa shape index (κ2) is 13.9. The number of carbonyl (C=O) groups excluding carboxylic acids is 2. The largest absolute Gasteiger partial charge is 0.288 e. The molecule has 2 rings (SSSR count). The Kier molecular flexibility index (Phi) is 12.3. The molecule has 0 bridgehead atoms. The summed E-state index contributed by atoms with van der Waals surface area (Å²) in [6, 6.07) is 6.74. The SMILES string of the molecule is CCCC[PH](CCCC)(CCCC)CCCC.O=C1NC(=O)c2ccccc21. The number of hydrogen-bond acceptors (Lipinski definition) is 2. The van der Waals surface area contributed by atoms with E-state index in [1.54, 1.807) is 48.9 Å². The Morgan fingerprint density at radius 1 is 0.643 bits per heavy atom. The summed E-state index contributed by atoms with van der Waals surface area (Å²) in [6.07, 6.45) is 18.1. The van der Waals surface area contributed by atoms with Crippen molar-refractivity contribution < 1.29 is 9.59 Å². The fourth-order valence-electron chi connectivity index (χ4n) is 4.07. The van der Waals surface area contributed by atoms with E-state index in [9.17, 15) is 9.59 Å². The van der Waals surface area contributed by atoms with Gasteiger partial charge in [0, 0.05) is 0 Å². The second-order valence-corrected chi connectivity index (χ2v) is 13.2. The molecule has 0 fully saturated rings. The van der Waals surface area contributed by atoms with E-state index in [1.165, 1.54) is 51.4 Å². The van der Waals surface area contributed by atoms with Gasteiger partial charge in [0.15, 0.2) is 0 Å². The molecule has 1 N–H and O–H groups in total. The zero-order chi connectivity index (χ0) is 20.8. The van der Waals surface area contributed by atoms with Gasteiger partial charge in [0.05, 0.1) is 11.1 Å². The molecule has 2 amide bonds. The first-order valence-electron chi connectivity index (χ1n) is 11.5. The van der Waals surface area contributed by atoms with Crippen molar-refractivity contribution in [1.82, 2.24) is 5.32 Å². The summed E-state index contributed by atoms with van der Waals surface area (Å²) in [5, 5.41) is 2.20. The molecule has 0 atom stereocenters. The van der Waals surface area contributed by atoms with Crippen LogP contribution in [0.2, 0.25) is 0 Å². The zero-order valence-electron chi connectivity index (χ0n) is 18.6. The first-order chi connectivity index (χ1) is 13.5. The molecule has 0 aromatic heterocycles. The number of carbonyl (C=O) groups is 2. The molecule has 1 aromatic carbocycles. The van der Waals surface area contributed by atoms with Crippen LogP contribution in [0, 0.1) is 0 Å². The Balaban J connectivity index is 0.000000302. The third-order valence-corrected chi connectivity index (χ3v) is 11.5. The number of amides is 2. The summed E-state index contributed by atoms with van der Waals surface area (Å²) in [6.45, 7) is 9.44. The van der Waals surface area contributed by atoms with Crippen LogP contribution in [0.5, 0.6) is 0 Å². The molecular formula is C24H42NO2P. The molecule has 160 valence electrons. The summed E-state index contributed by atoms with van der Waals surface area (Å²) in [4.78, 5) is 21.9. The van der Waals surface area contributed by atoms with Crippen molar-refractivity contribution in [2.75, 3.05) is 24.6 Å². The smallest absolute Gasteiger partial charge is 0.258 e. The minimum absolute atomic E-state index is 0.300. The molecule has 1 heterocycles. The average Bonchev–Trinajstić information content (AvgIpc) is 3.01. The van der Waals surface area contributed by atoms with Gasteiger partial charge in [0.2, 0.25) is 0 Å². The molecule has 0 saturated heterocycles. The molecular weight excluding hydrogens is 365 g/mol. The van der Waals surface area contributed by atoms with Crippen LogP contribution in [0.1, 0.15) is 99.8 Å². The number of rotatable bonds is 12. The Bertz CT molecular complexity index is 530. The molecule has 0 unspecified atom stereocenters. The van der Waals surface area contributed by atoms with Gasteiger partial charge in [0.25, 0.3) is 11.8 Å². The monoisotopic (exact) mass is 407 g/mol. The van der Waals surface area contributed by atoms with Crippen LogP contribution in [0.3, 0.4) is 0 Å². The molecule has 28 heavy (non-hydrogen) atoms. The van der Waals surface area contributed by atoms with Gasteiger partial charge in [-0.2, -0.15) is 0 Å². The Labute approximate surface area is 173 Å². The molecule has 1 aromatic rings. The normalized spacial score (nSPS) is 13.6. The topological polar surface area (TPSA) is 46.2 Å². The van der Waals surface area contributed by atoms with Gasteiger partial charge >= 0.3 is 111 Å². The van der Waals surface area contributed by atoms with E-state index in [1.807, 2.05) is 0 Å². The maximum atomic E-state index is 10.9. The summed E-state index contributed by atoms with van der Waals surface area (Å²) in [5.74, 6) is -0.601. The van der Waals surface area contributed by atoms with Gasteiger partial charge in [-0.15, -0.1) is 0 Å². The van der Waals surface area contributed by atoms with Gasteiger partial charge in [-0.1, -0.05) is 12.1 Å². The standard InChI is InChI=1S/C16H37P.C8H5NO2/c1-5-9-13-17(14-10-6-2,15-11-7-3)16-12-8-4;10-7-5-3-1-2-4-6(5)8(11)9-7/h17H,5-16H2,1-4H3;1-4H,(H,9,10,11). The first kappa shape index (κ1) is 24.8. The van der Waals surface area contributed by atoms with E-state index in [4.69, 9.17) is 0 Å². The van der Waals surface area contributed by atoms with E-state index in [2.05, 4.69) is 33.0 Å². The van der Waals surface area contributed by atoms with Crippen LogP contribution in [-0.2, 0) is 0 Å². The maximum absolute atomic E-state index is 10.9. The van der Waals surface area contributed by atoms with Crippen LogP contribution in [0.15, 0.2) is 24.3 Å². The molecule has 0 aliphatic carbocycles. The Morgan fingerprint density at radius 2 is 0.964 bits per heavy atom. The fraction of sp³-hybridized carbons (Fsp3) is 0.667. The maximum Gasteiger partial charge on any atom is 0.258 e. The first-order valence-corrected chi connectivity index (χ1v) is 14.3. The zero-order valence-corrected chi connectivity index (χ0v) is 19.6. The van der Waals surface area contributed by atoms with Crippen molar-refractivity contribution in [3.8, 4) is 0 Å². The van der Waals surface area contributed by atoms with Gasteiger partial charge < -0.3 is 0 Å². The molecule has 1 aliphatic heterocycles. The minimum Gasteiger partial charge on any atom is -0.288 e. The molecule has 1 aliphatic rings. The fourth-order valence-corrected chi connectivity index (χ4v) is 9.99. The quantitative estimate of drug-likeness (QED) is 0.317. The number of hydrogen-bond donors (Lipinski definition) is 1. The number of imide groups is 1. The number of nitrogens with one attached hydrogen (secondary N) is 1.